The monoisotopic (exact) mass is 441 g/mol. The lowest BCUT2D eigenvalue weighted by molar-refractivity contribution is 0.411. The summed E-state index contributed by atoms with van der Waals surface area (Å²) in [6.07, 6.45) is 3.41. The van der Waals surface area contributed by atoms with E-state index in [0.717, 1.165) is 28.8 Å². The van der Waals surface area contributed by atoms with Gasteiger partial charge in [0.25, 0.3) is 0 Å². The molecule has 0 aliphatic rings. The Morgan fingerprint density at radius 1 is 0.879 bits per heavy atom. The molecule has 3 aromatic rings. The van der Waals surface area contributed by atoms with Crippen molar-refractivity contribution in [3.05, 3.63) is 90.6 Å². The highest BCUT2D eigenvalue weighted by Gasteiger charge is 2.30. The van der Waals surface area contributed by atoms with Crippen molar-refractivity contribution in [1.82, 2.24) is 4.48 Å². The lowest BCUT2D eigenvalue weighted by Crippen LogP contribution is -2.43. The lowest BCUT2D eigenvalue weighted by Gasteiger charge is -2.35. The van der Waals surface area contributed by atoms with Gasteiger partial charge in [-0.3, -0.25) is 4.48 Å². The molecule has 0 aromatic heterocycles. The van der Waals surface area contributed by atoms with E-state index in [1.807, 2.05) is 0 Å². The fourth-order valence-corrected chi connectivity index (χ4v) is 4.32. The number of hydrogen-bond acceptors (Lipinski definition) is 1. The Morgan fingerprint density at radius 3 is 2.18 bits per heavy atom. The van der Waals surface area contributed by atoms with Crippen LogP contribution >= 0.6 is 0 Å². The van der Waals surface area contributed by atoms with Crippen molar-refractivity contribution in [2.24, 2.45) is 0 Å². The molecule has 33 heavy (non-hydrogen) atoms. The molecular formula is C31H41N2+. The second-order valence-electron chi connectivity index (χ2n) is 10.2. The Kier molecular flexibility index (Phi) is 7.81. The molecule has 0 saturated carbocycles. The minimum Gasteiger partial charge on any atom is -0.350 e. The van der Waals surface area contributed by atoms with E-state index in [9.17, 15) is 0 Å². The van der Waals surface area contributed by atoms with Crippen LogP contribution in [-0.4, -0.2) is 13.6 Å². The number of nitrogens with zero attached hydrogens (tertiary/aromatic N) is 1. The maximum atomic E-state index is 4.51. The zero-order valence-electron chi connectivity index (χ0n) is 21.4. The van der Waals surface area contributed by atoms with Gasteiger partial charge in [-0.2, -0.15) is 0 Å². The standard InChI is InChI=1S/C31H41N2/c1-8-10-16-24(3)33(7,9-2)30-20-15-14-19-29(30)32-28-22-21-26(31(4,5)6)23-27(28)25-17-12-11-13-18-25/h11-15,17-23,32H,3,8-10,16H2,1-2,4-7H3/q+1. The summed E-state index contributed by atoms with van der Waals surface area (Å²) in [5.74, 6) is 0. The van der Waals surface area contributed by atoms with Crippen LogP contribution in [0.4, 0.5) is 17.1 Å². The number of para-hydroxylation sites is 2. The normalized spacial score (nSPS) is 13.4. The van der Waals surface area contributed by atoms with Crippen molar-refractivity contribution in [3.63, 3.8) is 0 Å². The van der Waals surface area contributed by atoms with E-state index < -0.39 is 0 Å². The van der Waals surface area contributed by atoms with Crippen LogP contribution in [0, 0.1) is 0 Å². The number of rotatable bonds is 9. The maximum Gasteiger partial charge on any atom is 0.161 e. The molecule has 0 fully saturated rings. The smallest absolute Gasteiger partial charge is 0.161 e. The molecular weight excluding hydrogens is 400 g/mol. The van der Waals surface area contributed by atoms with Crippen LogP contribution in [0.2, 0.25) is 0 Å². The minimum atomic E-state index is 0.0919. The Labute approximate surface area is 201 Å². The van der Waals surface area contributed by atoms with Gasteiger partial charge in [0.05, 0.1) is 13.6 Å². The topological polar surface area (TPSA) is 12.0 Å². The van der Waals surface area contributed by atoms with E-state index in [4.69, 9.17) is 0 Å². The molecule has 174 valence electrons. The van der Waals surface area contributed by atoms with Gasteiger partial charge in [-0.1, -0.05) is 82.6 Å². The minimum absolute atomic E-state index is 0.0919. The maximum absolute atomic E-state index is 4.51. The van der Waals surface area contributed by atoms with Gasteiger partial charge in [0, 0.05) is 23.7 Å². The van der Waals surface area contributed by atoms with E-state index in [-0.39, 0.29) is 5.41 Å². The summed E-state index contributed by atoms with van der Waals surface area (Å²) in [6, 6.07) is 26.2. The number of benzene rings is 3. The number of allylic oxidation sites excluding steroid dienone is 1. The summed E-state index contributed by atoms with van der Waals surface area (Å²) >= 11 is 0. The molecule has 0 heterocycles. The quantitative estimate of drug-likeness (QED) is 0.327. The van der Waals surface area contributed by atoms with Crippen LogP contribution in [0.3, 0.4) is 0 Å². The third kappa shape index (κ3) is 5.57. The molecule has 1 unspecified atom stereocenters. The highest BCUT2D eigenvalue weighted by molar-refractivity contribution is 5.85. The summed E-state index contributed by atoms with van der Waals surface area (Å²) < 4.78 is 0.740. The van der Waals surface area contributed by atoms with Gasteiger partial charge < -0.3 is 5.32 Å². The predicted octanol–water partition coefficient (Wildman–Crippen LogP) is 9.06. The summed E-state index contributed by atoms with van der Waals surface area (Å²) in [5.41, 5.74) is 8.68. The first kappa shape index (κ1) is 24.8. The van der Waals surface area contributed by atoms with E-state index in [0.29, 0.717) is 0 Å². The highest BCUT2D eigenvalue weighted by Crippen LogP contribution is 2.40. The van der Waals surface area contributed by atoms with Gasteiger partial charge >= 0.3 is 0 Å². The van der Waals surface area contributed by atoms with E-state index in [1.165, 1.54) is 40.9 Å². The van der Waals surface area contributed by atoms with Gasteiger partial charge in [-0.25, -0.2) is 0 Å². The average Bonchev–Trinajstić information content (AvgIpc) is 2.82. The van der Waals surface area contributed by atoms with E-state index in [2.05, 4.69) is 126 Å². The van der Waals surface area contributed by atoms with Crippen LogP contribution in [0.5, 0.6) is 0 Å². The summed E-state index contributed by atoms with van der Waals surface area (Å²) in [5, 5.41) is 3.81. The number of unbranched alkanes of at least 4 members (excludes halogenated alkanes) is 1. The Hall–Kier alpha value is -2.84. The zero-order chi connectivity index (χ0) is 24.1. The zero-order valence-corrected chi connectivity index (χ0v) is 21.4. The van der Waals surface area contributed by atoms with Crippen molar-refractivity contribution < 1.29 is 0 Å². The molecule has 0 bridgehead atoms. The third-order valence-corrected chi connectivity index (χ3v) is 6.82. The fraction of sp³-hybridized carbons (Fsp3) is 0.355. The fourth-order valence-electron chi connectivity index (χ4n) is 4.32. The Morgan fingerprint density at radius 2 is 1.55 bits per heavy atom. The van der Waals surface area contributed by atoms with Gasteiger partial charge in [0.2, 0.25) is 0 Å². The first-order valence-corrected chi connectivity index (χ1v) is 12.3. The van der Waals surface area contributed by atoms with Crippen LogP contribution in [0.15, 0.2) is 85.1 Å². The van der Waals surface area contributed by atoms with Gasteiger partial charge in [-0.15, -0.1) is 0 Å². The second kappa shape index (κ2) is 10.4. The first-order valence-electron chi connectivity index (χ1n) is 12.3. The molecule has 0 spiro atoms. The second-order valence-corrected chi connectivity index (χ2v) is 10.2. The van der Waals surface area contributed by atoms with Crippen molar-refractivity contribution in [3.8, 4) is 11.1 Å². The molecule has 0 amide bonds. The molecule has 1 N–H and O–H groups in total. The van der Waals surface area contributed by atoms with Crippen LogP contribution in [-0.2, 0) is 5.41 Å². The predicted molar refractivity (Wildman–Crippen MR) is 147 cm³/mol. The van der Waals surface area contributed by atoms with Crippen LogP contribution in [0.25, 0.3) is 11.1 Å². The third-order valence-electron chi connectivity index (χ3n) is 6.82. The molecule has 2 heteroatoms. The van der Waals surface area contributed by atoms with Crippen molar-refractivity contribution in [1.29, 1.82) is 0 Å². The molecule has 0 saturated heterocycles. The van der Waals surface area contributed by atoms with Crippen LogP contribution in [0.1, 0.15) is 59.4 Å². The Balaban J connectivity index is 2.09. The number of hydrogen-bond donors (Lipinski definition) is 1. The molecule has 3 aromatic carbocycles. The van der Waals surface area contributed by atoms with Crippen LogP contribution < -0.4 is 9.80 Å². The molecule has 1 atom stereocenters. The number of quaternary nitrogens is 1. The van der Waals surface area contributed by atoms with E-state index in [1.54, 1.807) is 0 Å². The van der Waals surface area contributed by atoms with E-state index >= 15 is 0 Å². The molecule has 0 aliphatic carbocycles. The van der Waals surface area contributed by atoms with Crippen molar-refractivity contribution in [2.45, 2.75) is 59.3 Å². The van der Waals surface area contributed by atoms with Crippen molar-refractivity contribution in [2.75, 3.05) is 18.9 Å². The molecule has 0 aliphatic heterocycles. The SMILES string of the molecule is C=C(CCCC)[N+](C)(CC)c1ccccc1Nc1ccc(C(C)(C)C)cc1-c1ccccc1. The average molecular weight is 442 g/mol. The first-order chi connectivity index (χ1) is 15.7. The van der Waals surface area contributed by atoms with Gasteiger partial charge in [0.15, 0.2) is 5.69 Å². The summed E-state index contributed by atoms with van der Waals surface area (Å²) in [6.45, 7) is 16.8. The van der Waals surface area contributed by atoms with Gasteiger partial charge in [0.1, 0.15) is 11.4 Å². The largest absolute Gasteiger partial charge is 0.350 e. The molecule has 0 radical (unpaired) electrons. The molecule has 3 rings (SSSR count). The van der Waals surface area contributed by atoms with Gasteiger partial charge in [-0.05, 0) is 54.7 Å². The Bertz CT molecular complexity index is 1080. The molecule has 2 nitrogen and oxygen atoms in total. The summed E-state index contributed by atoms with van der Waals surface area (Å²) in [4.78, 5) is 0. The summed E-state index contributed by atoms with van der Waals surface area (Å²) in [7, 11) is 2.29. The lowest BCUT2D eigenvalue weighted by atomic mass is 9.85. The number of nitrogens with one attached hydrogen (secondary N) is 1. The van der Waals surface area contributed by atoms with Crippen molar-refractivity contribution >= 4 is 17.1 Å². The highest BCUT2D eigenvalue weighted by atomic mass is 15.3. The number of anilines is 2.